The van der Waals surface area contributed by atoms with E-state index in [0.717, 1.165) is 0 Å². The molecule has 0 aliphatic rings. The van der Waals surface area contributed by atoms with Crippen molar-refractivity contribution < 1.29 is 14.4 Å². The van der Waals surface area contributed by atoms with Crippen LogP contribution in [0.5, 0.6) is 0 Å². The molecule has 0 spiro atoms. The first-order valence-corrected chi connectivity index (χ1v) is 6.43. The highest BCUT2D eigenvalue weighted by molar-refractivity contribution is 5.94. The lowest BCUT2D eigenvalue weighted by Gasteiger charge is -2.17. The van der Waals surface area contributed by atoms with E-state index in [1.807, 2.05) is 0 Å². The van der Waals surface area contributed by atoms with Crippen LogP contribution in [0.2, 0.25) is 0 Å². The van der Waals surface area contributed by atoms with Crippen molar-refractivity contribution in [2.24, 2.45) is 0 Å². The normalized spacial score (nSPS) is 11.4. The van der Waals surface area contributed by atoms with Crippen LogP contribution in [0, 0.1) is 0 Å². The standard InChI is InChI=1S/C14H19N3O3/c1-2-13(19)16-9-12(7-8-18)17-14(20)10-3-5-11(15)6-4-10/h3-6,8,12H,2,7,9,15H2,1H3,(H,16,19)(H,17,20). The Labute approximate surface area is 117 Å². The van der Waals surface area contributed by atoms with Gasteiger partial charge in [-0.15, -0.1) is 0 Å². The molecular weight excluding hydrogens is 258 g/mol. The zero-order valence-electron chi connectivity index (χ0n) is 11.4. The van der Waals surface area contributed by atoms with E-state index in [2.05, 4.69) is 10.6 Å². The quantitative estimate of drug-likeness (QED) is 0.498. The molecule has 0 heterocycles. The molecule has 6 nitrogen and oxygen atoms in total. The average molecular weight is 277 g/mol. The summed E-state index contributed by atoms with van der Waals surface area (Å²) in [7, 11) is 0. The first-order chi connectivity index (χ1) is 9.56. The Balaban J connectivity index is 2.60. The van der Waals surface area contributed by atoms with Gasteiger partial charge >= 0.3 is 0 Å². The highest BCUT2D eigenvalue weighted by Gasteiger charge is 2.14. The van der Waals surface area contributed by atoms with Crippen LogP contribution in [0.25, 0.3) is 0 Å². The van der Waals surface area contributed by atoms with E-state index in [4.69, 9.17) is 5.73 Å². The summed E-state index contributed by atoms with van der Waals surface area (Å²) in [6.07, 6.45) is 1.22. The number of rotatable bonds is 7. The molecule has 0 saturated carbocycles. The van der Waals surface area contributed by atoms with Crippen molar-refractivity contribution in [1.29, 1.82) is 0 Å². The Morgan fingerprint density at radius 2 is 1.95 bits per heavy atom. The Morgan fingerprint density at radius 1 is 1.30 bits per heavy atom. The van der Waals surface area contributed by atoms with Crippen LogP contribution < -0.4 is 16.4 Å². The number of anilines is 1. The molecule has 0 fully saturated rings. The molecule has 108 valence electrons. The molecule has 0 aliphatic carbocycles. The monoisotopic (exact) mass is 277 g/mol. The molecule has 0 aromatic heterocycles. The van der Waals surface area contributed by atoms with Gasteiger partial charge in [-0.05, 0) is 24.3 Å². The number of hydrogen-bond acceptors (Lipinski definition) is 4. The molecule has 20 heavy (non-hydrogen) atoms. The second kappa shape index (κ2) is 7.93. The molecule has 1 aromatic rings. The number of aldehydes is 1. The largest absolute Gasteiger partial charge is 0.399 e. The second-order valence-corrected chi connectivity index (χ2v) is 4.35. The number of nitrogen functional groups attached to an aromatic ring is 1. The van der Waals surface area contributed by atoms with Gasteiger partial charge in [-0.3, -0.25) is 9.59 Å². The first-order valence-electron chi connectivity index (χ1n) is 6.43. The van der Waals surface area contributed by atoms with Crippen LogP contribution in [0.3, 0.4) is 0 Å². The lowest BCUT2D eigenvalue weighted by Crippen LogP contribution is -2.43. The Kier molecular flexibility index (Phi) is 6.22. The number of carbonyl (C=O) groups is 3. The zero-order chi connectivity index (χ0) is 15.0. The van der Waals surface area contributed by atoms with Gasteiger partial charge in [-0.2, -0.15) is 0 Å². The number of benzene rings is 1. The minimum atomic E-state index is -0.423. The fourth-order valence-electron chi connectivity index (χ4n) is 1.57. The molecule has 0 bridgehead atoms. The van der Waals surface area contributed by atoms with E-state index in [1.165, 1.54) is 0 Å². The van der Waals surface area contributed by atoms with Crippen LogP contribution in [-0.4, -0.2) is 30.7 Å². The molecular formula is C14H19N3O3. The van der Waals surface area contributed by atoms with E-state index in [9.17, 15) is 14.4 Å². The minimum Gasteiger partial charge on any atom is -0.399 e. The van der Waals surface area contributed by atoms with E-state index in [0.29, 0.717) is 24.0 Å². The second-order valence-electron chi connectivity index (χ2n) is 4.35. The van der Waals surface area contributed by atoms with Gasteiger partial charge in [0, 0.05) is 30.6 Å². The average Bonchev–Trinajstić information content (AvgIpc) is 2.45. The summed E-state index contributed by atoms with van der Waals surface area (Å²) in [5, 5.41) is 5.36. The van der Waals surface area contributed by atoms with Crippen LogP contribution in [0.4, 0.5) is 5.69 Å². The van der Waals surface area contributed by atoms with Gasteiger partial charge in [0.2, 0.25) is 5.91 Å². The van der Waals surface area contributed by atoms with Crippen molar-refractivity contribution in [3.63, 3.8) is 0 Å². The van der Waals surface area contributed by atoms with Crippen LogP contribution in [-0.2, 0) is 9.59 Å². The van der Waals surface area contributed by atoms with Crippen LogP contribution >= 0.6 is 0 Å². The van der Waals surface area contributed by atoms with Gasteiger partial charge in [0.1, 0.15) is 6.29 Å². The number of hydrogen-bond donors (Lipinski definition) is 3. The summed E-state index contributed by atoms with van der Waals surface area (Å²) in [4.78, 5) is 33.8. The highest BCUT2D eigenvalue weighted by atomic mass is 16.2. The van der Waals surface area contributed by atoms with Crippen molar-refractivity contribution in [1.82, 2.24) is 10.6 Å². The summed E-state index contributed by atoms with van der Waals surface area (Å²) >= 11 is 0. The van der Waals surface area contributed by atoms with E-state index in [-0.39, 0.29) is 24.8 Å². The minimum absolute atomic E-state index is 0.123. The molecule has 1 atom stereocenters. The van der Waals surface area contributed by atoms with Crippen LogP contribution in [0.1, 0.15) is 30.1 Å². The third kappa shape index (κ3) is 5.09. The maximum Gasteiger partial charge on any atom is 0.251 e. The summed E-state index contributed by atoms with van der Waals surface area (Å²) in [5.41, 5.74) is 6.57. The van der Waals surface area contributed by atoms with Gasteiger partial charge in [-0.25, -0.2) is 0 Å². The molecule has 6 heteroatoms. The lowest BCUT2D eigenvalue weighted by molar-refractivity contribution is -0.121. The number of carbonyl (C=O) groups excluding carboxylic acids is 3. The van der Waals surface area contributed by atoms with E-state index in [1.54, 1.807) is 31.2 Å². The number of amides is 2. The zero-order valence-corrected chi connectivity index (χ0v) is 11.4. The Bertz CT molecular complexity index is 471. The molecule has 4 N–H and O–H groups in total. The molecule has 0 aliphatic heterocycles. The molecule has 1 unspecified atom stereocenters. The fourth-order valence-corrected chi connectivity index (χ4v) is 1.57. The van der Waals surface area contributed by atoms with Gasteiger partial charge in [0.25, 0.3) is 5.91 Å². The SMILES string of the molecule is CCC(=O)NCC(CC=O)NC(=O)c1ccc(N)cc1. The fraction of sp³-hybridized carbons (Fsp3) is 0.357. The van der Waals surface area contributed by atoms with E-state index < -0.39 is 6.04 Å². The van der Waals surface area contributed by atoms with E-state index >= 15 is 0 Å². The molecule has 0 radical (unpaired) electrons. The molecule has 1 rings (SSSR count). The Morgan fingerprint density at radius 3 is 2.50 bits per heavy atom. The maximum absolute atomic E-state index is 12.0. The summed E-state index contributed by atoms with van der Waals surface area (Å²) < 4.78 is 0. The lowest BCUT2D eigenvalue weighted by atomic mass is 10.1. The van der Waals surface area contributed by atoms with Crippen molar-refractivity contribution in [3.05, 3.63) is 29.8 Å². The molecule has 1 aromatic carbocycles. The number of nitrogens with two attached hydrogens (primary N) is 1. The number of nitrogens with one attached hydrogen (secondary N) is 2. The smallest absolute Gasteiger partial charge is 0.251 e. The van der Waals surface area contributed by atoms with Crippen molar-refractivity contribution in [2.45, 2.75) is 25.8 Å². The van der Waals surface area contributed by atoms with Gasteiger partial charge in [0.05, 0.1) is 6.04 Å². The van der Waals surface area contributed by atoms with Gasteiger partial charge in [0.15, 0.2) is 0 Å². The predicted molar refractivity (Wildman–Crippen MR) is 76.1 cm³/mol. The summed E-state index contributed by atoms with van der Waals surface area (Å²) in [5.74, 6) is -0.426. The first kappa shape index (κ1) is 15.7. The summed E-state index contributed by atoms with van der Waals surface area (Å²) in [6, 6.07) is 6.04. The van der Waals surface area contributed by atoms with Crippen molar-refractivity contribution in [2.75, 3.05) is 12.3 Å². The highest BCUT2D eigenvalue weighted by Crippen LogP contribution is 2.05. The maximum atomic E-state index is 12.0. The van der Waals surface area contributed by atoms with Gasteiger partial charge in [-0.1, -0.05) is 6.92 Å². The van der Waals surface area contributed by atoms with Crippen molar-refractivity contribution >= 4 is 23.8 Å². The van der Waals surface area contributed by atoms with Crippen LogP contribution in [0.15, 0.2) is 24.3 Å². The van der Waals surface area contributed by atoms with Gasteiger partial charge < -0.3 is 21.2 Å². The molecule has 2 amide bonds. The summed E-state index contributed by atoms with van der Waals surface area (Å²) in [6.45, 7) is 1.96. The van der Waals surface area contributed by atoms with Crippen molar-refractivity contribution in [3.8, 4) is 0 Å². The third-order valence-corrected chi connectivity index (χ3v) is 2.76. The Hall–Kier alpha value is -2.37. The molecule has 0 saturated heterocycles. The topological polar surface area (TPSA) is 101 Å². The third-order valence-electron chi connectivity index (χ3n) is 2.76. The predicted octanol–water partition coefficient (Wildman–Crippen LogP) is 0.482.